The molecule has 1 heterocycles. The van der Waals surface area contributed by atoms with Crippen LogP contribution in [0.25, 0.3) is 0 Å². The number of amides is 1. The first-order valence-corrected chi connectivity index (χ1v) is 4.31. The minimum atomic E-state index is -0.449. The van der Waals surface area contributed by atoms with Crippen LogP contribution in [-0.4, -0.2) is 18.1 Å². The van der Waals surface area contributed by atoms with E-state index in [2.05, 4.69) is 5.32 Å². The van der Waals surface area contributed by atoms with E-state index >= 15 is 0 Å². The fraction of sp³-hybridized carbons (Fsp3) is 0.200. The number of β-lactam (4-membered cyclic amide) rings is 1. The van der Waals surface area contributed by atoms with Crippen LogP contribution >= 0.6 is 0 Å². The molecule has 0 aromatic heterocycles. The van der Waals surface area contributed by atoms with Crippen LogP contribution < -0.4 is 5.32 Å². The summed E-state index contributed by atoms with van der Waals surface area (Å²) in [5, 5.41) is 2.46. The van der Waals surface area contributed by atoms with Crippen molar-refractivity contribution in [2.75, 3.05) is 0 Å². The monoisotopic (exact) mass is 191 g/mol. The average Bonchev–Trinajstić information content (AvgIpc) is 2.17. The van der Waals surface area contributed by atoms with Gasteiger partial charge in [-0.2, -0.15) is 0 Å². The normalized spacial score (nSPS) is 19.4. The molecular weight excluding hydrogens is 182 g/mol. The Kier molecular flexibility index (Phi) is 2.18. The summed E-state index contributed by atoms with van der Waals surface area (Å²) in [5.41, 5.74) is 0.494. The van der Waals surface area contributed by atoms with E-state index in [9.17, 15) is 9.59 Å². The molecule has 0 spiro atoms. The van der Waals surface area contributed by atoms with Gasteiger partial charge in [-0.15, -0.1) is 0 Å². The summed E-state index contributed by atoms with van der Waals surface area (Å²) >= 11 is 0. The van der Waals surface area contributed by atoms with Crippen molar-refractivity contribution in [1.82, 2.24) is 5.32 Å². The van der Waals surface area contributed by atoms with Crippen molar-refractivity contribution in [3.05, 3.63) is 35.9 Å². The van der Waals surface area contributed by atoms with E-state index in [4.69, 9.17) is 4.74 Å². The van der Waals surface area contributed by atoms with Crippen LogP contribution in [0.3, 0.4) is 0 Å². The van der Waals surface area contributed by atoms with Gasteiger partial charge in [-0.05, 0) is 12.1 Å². The van der Waals surface area contributed by atoms with Crippen LogP contribution in [0.5, 0.6) is 0 Å². The van der Waals surface area contributed by atoms with E-state index in [0.29, 0.717) is 5.56 Å². The lowest BCUT2D eigenvalue weighted by molar-refractivity contribution is -0.136. The number of esters is 1. The molecule has 72 valence electrons. The first-order chi connectivity index (χ1) is 6.75. The van der Waals surface area contributed by atoms with Gasteiger partial charge >= 0.3 is 5.97 Å². The van der Waals surface area contributed by atoms with Crippen LogP contribution in [0.2, 0.25) is 0 Å². The van der Waals surface area contributed by atoms with Gasteiger partial charge in [-0.25, -0.2) is 4.79 Å². The number of nitrogens with one attached hydrogen (secondary N) is 1. The predicted molar refractivity (Wildman–Crippen MR) is 48.4 cm³/mol. The number of carbonyl (C=O) groups is 2. The molecule has 2 rings (SSSR count). The van der Waals surface area contributed by atoms with E-state index in [1.165, 1.54) is 0 Å². The van der Waals surface area contributed by atoms with E-state index in [1.807, 2.05) is 6.07 Å². The Bertz CT molecular complexity index is 353. The second kappa shape index (κ2) is 3.49. The van der Waals surface area contributed by atoms with Gasteiger partial charge in [0, 0.05) is 0 Å². The Labute approximate surface area is 80.9 Å². The number of carbonyl (C=O) groups excluding carboxylic acids is 2. The fourth-order valence-electron chi connectivity index (χ4n) is 1.17. The van der Waals surface area contributed by atoms with Gasteiger partial charge in [0.15, 0.2) is 6.23 Å². The van der Waals surface area contributed by atoms with E-state index in [-0.39, 0.29) is 12.3 Å². The molecule has 1 N–H and O–H groups in total. The van der Waals surface area contributed by atoms with Gasteiger partial charge in [0.2, 0.25) is 5.91 Å². The average molecular weight is 191 g/mol. The Morgan fingerprint density at radius 1 is 1.36 bits per heavy atom. The Hall–Kier alpha value is -1.84. The molecule has 1 aliphatic rings. The summed E-state index contributed by atoms with van der Waals surface area (Å²) < 4.78 is 4.97. The van der Waals surface area contributed by atoms with Gasteiger partial charge in [-0.1, -0.05) is 18.2 Å². The zero-order valence-corrected chi connectivity index (χ0v) is 7.40. The third-order valence-corrected chi connectivity index (χ3v) is 1.95. The topological polar surface area (TPSA) is 55.4 Å². The largest absolute Gasteiger partial charge is 0.438 e. The molecule has 0 aliphatic carbocycles. The van der Waals surface area contributed by atoms with Crippen molar-refractivity contribution in [3.8, 4) is 0 Å². The van der Waals surface area contributed by atoms with Gasteiger partial charge < -0.3 is 10.1 Å². The van der Waals surface area contributed by atoms with Crippen LogP contribution in [-0.2, 0) is 9.53 Å². The lowest BCUT2D eigenvalue weighted by atomic mass is 10.2. The van der Waals surface area contributed by atoms with Crippen molar-refractivity contribution < 1.29 is 14.3 Å². The molecular formula is C10H9NO3. The standard InChI is InChI=1S/C10H9NO3/c12-8-6-9(11-8)14-10(13)7-4-2-1-3-5-7/h1-5,9H,6H2,(H,11,12)/t9-/m0/s1. The zero-order valence-electron chi connectivity index (χ0n) is 7.40. The minimum absolute atomic E-state index is 0.0872. The minimum Gasteiger partial charge on any atom is -0.438 e. The number of rotatable bonds is 2. The predicted octanol–water partition coefficient (Wildman–Crippen LogP) is 0.689. The van der Waals surface area contributed by atoms with Gasteiger partial charge in [0.1, 0.15) is 0 Å². The molecule has 0 radical (unpaired) electrons. The number of hydrogen-bond donors (Lipinski definition) is 1. The molecule has 4 nitrogen and oxygen atoms in total. The van der Waals surface area contributed by atoms with E-state index < -0.39 is 12.2 Å². The highest BCUT2D eigenvalue weighted by atomic mass is 16.6. The summed E-state index contributed by atoms with van der Waals surface area (Å²) in [7, 11) is 0. The molecule has 1 atom stereocenters. The zero-order chi connectivity index (χ0) is 9.97. The molecule has 0 saturated carbocycles. The second-order valence-electron chi connectivity index (χ2n) is 3.03. The van der Waals surface area contributed by atoms with Crippen LogP contribution in [0.15, 0.2) is 30.3 Å². The quantitative estimate of drug-likeness (QED) is 0.552. The highest BCUT2D eigenvalue weighted by molar-refractivity contribution is 5.90. The van der Waals surface area contributed by atoms with Crippen molar-refractivity contribution >= 4 is 11.9 Å². The maximum Gasteiger partial charge on any atom is 0.340 e. The molecule has 1 aromatic carbocycles. The molecule has 0 unspecified atom stereocenters. The Morgan fingerprint density at radius 2 is 2.00 bits per heavy atom. The van der Waals surface area contributed by atoms with Crippen LogP contribution in [0.1, 0.15) is 16.8 Å². The van der Waals surface area contributed by atoms with Crippen molar-refractivity contribution in [1.29, 1.82) is 0 Å². The molecule has 1 fully saturated rings. The Morgan fingerprint density at radius 3 is 2.57 bits per heavy atom. The third-order valence-electron chi connectivity index (χ3n) is 1.95. The molecule has 1 aliphatic heterocycles. The summed E-state index contributed by atoms with van der Waals surface area (Å²) in [6.45, 7) is 0. The smallest absolute Gasteiger partial charge is 0.340 e. The van der Waals surface area contributed by atoms with Crippen LogP contribution in [0.4, 0.5) is 0 Å². The SMILES string of the molecule is O=C1C[C@H](OC(=O)c2ccccc2)N1. The van der Waals surface area contributed by atoms with E-state index in [1.54, 1.807) is 24.3 Å². The molecule has 4 heteroatoms. The van der Waals surface area contributed by atoms with Gasteiger partial charge in [0.05, 0.1) is 12.0 Å². The number of ether oxygens (including phenoxy) is 1. The van der Waals surface area contributed by atoms with Crippen LogP contribution in [0, 0.1) is 0 Å². The van der Waals surface area contributed by atoms with Gasteiger partial charge in [-0.3, -0.25) is 4.79 Å². The lowest BCUT2D eigenvalue weighted by Crippen LogP contribution is -2.50. The first kappa shape index (κ1) is 8.74. The Balaban J connectivity index is 1.93. The summed E-state index contributed by atoms with van der Waals surface area (Å²) in [6, 6.07) is 8.68. The second-order valence-corrected chi connectivity index (χ2v) is 3.03. The number of hydrogen-bond acceptors (Lipinski definition) is 3. The van der Waals surface area contributed by atoms with Gasteiger partial charge in [0.25, 0.3) is 0 Å². The molecule has 1 amide bonds. The van der Waals surface area contributed by atoms with Crippen molar-refractivity contribution in [3.63, 3.8) is 0 Å². The van der Waals surface area contributed by atoms with Crippen molar-refractivity contribution in [2.24, 2.45) is 0 Å². The summed E-state index contributed by atoms with van der Waals surface area (Å²) in [6.07, 6.45) is -0.186. The molecule has 1 aromatic rings. The summed E-state index contributed by atoms with van der Waals surface area (Å²) in [4.78, 5) is 21.9. The first-order valence-electron chi connectivity index (χ1n) is 4.31. The maximum absolute atomic E-state index is 11.4. The van der Waals surface area contributed by atoms with Crippen molar-refractivity contribution in [2.45, 2.75) is 12.6 Å². The molecule has 1 saturated heterocycles. The highest BCUT2D eigenvalue weighted by Crippen LogP contribution is 2.09. The summed E-state index contributed by atoms with van der Waals surface area (Å²) in [5.74, 6) is -0.494. The molecule has 14 heavy (non-hydrogen) atoms. The highest BCUT2D eigenvalue weighted by Gasteiger charge is 2.28. The fourth-order valence-corrected chi connectivity index (χ4v) is 1.17. The third kappa shape index (κ3) is 1.74. The maximum atomic E-state index is 11.4. The lowest BCUT2D eigenvalue weighted by Gasteiger charge is -2.26. The number of benzene rings is 1. The van der Waals surface area contributed by atoms with E-state index in [0.717, 1.165) is 0 Å². The molecule has 0 bridgehead atoms.